The monoisotopic (exact) mass is 183 g/mol. The lowest BCUT2D eigenvalue weighted by Gasteiger charge is -2.28. The fourth-order valence-corrected chi connectivity index (χ4v) is 1.82. The summed E-state index contributed by atoms with van der Waals surface area (Å²) in [5.41, 5.74) is 0. The molecule has 2 rings (SSSR count). The van der Waals surface area contributed by atoms with Crippen molar-refractivity contribution >= 4 is 5.96 Å². The predicted octanol–water partition coefficient (Wildman–Crippen LogP) is 0.103. The Morgan fingerprint density at radius 2 is 2.54 bits per heavy atom. The molecule has 0 aliphatic carbocycles. The summed E-state index contributed by atoms with van der Waals surface area (Å²) >= 11 is 0. The summed E-state index contributed by atoms with van der Waals surface area (Å²) < 4.78 is 5.47. The predicted molar refractivity (Wildman–Crippen MR) is 51.9 cm³/mol. The van der Waals surface area contributed by atoms with Crippen LogP contribution in [-0.2, 0) is 4.74 Å². The Balaban J connectivity index is 1.80. The largest absolute Gasteiger partial charge is 0.378 e. The first kappa shape index (κ1) is 8.81. The molecule has 1 saturated heterocycles. The van der Waals surface area contributed by atoms with Crippen LogP contribution in [0.15, 0.2) is 4.99 Å². The normalized spacial score (nSPS) is 33.8. The Hall–Kier alpha value is -0.770. The average Bonchev–Trinajstić information content (AvgIpc) is 2.57. The molecule has 74 valence electrons. The number of guanidine groups is 1. The second kappa shape index (κ2) is 3.96. The molecule has 4 nitrogen and oxygen atoms in total. The molecule has 0 amide bonds. The Morgan fingerprint density at radius 3 is 3.23 bits per heavy atom. The van der Waals surface area contributed by atoms with E-state index in [9.17, 15) is 0 Å². The highest BCUT2D eigenvalue weighted by Crippen LogP contribution is 2.12. The molecule has 13 heavy (non-hydrogen) atoms. The van der Waals surface area contributed by atoms with Crippen LogP contribution < -0.4 is 10.6 Å². The third-order valence-corrected chi connectivity index (χ3v) is 2.50. The molecular weight excluding hydrogens is 166 g/mol. The van der Waals surface area contributed by atoms with Crippen molar-refractivity contribution in [3.05, 3.63) is 0 Å². The number of hydrogen-bond acceptors (Lipinski definition) is 4. The molecule has 2 aliphatic rings. The van der Waals surface area contributed by atoms with E-state index in [1.807, 2.05) is 0 Å². The molecule has 0 aromatic carbocycles. The van der Waals surface area contributed by atoms with Crippen LogP contribution in [-0.4, -0.2) is 37.8 Å². The van der Waals surface area contributed by atoms with Gasteiger partial charge in [-0.15, -0.1) is 0 Å². The molecule has 0 aromatic rings. The standard InChI is InChI=1S/C9H17N3O/c1-7-6-8(2-5-13-7)12-9-10-3-4-11-9/h7-8H,2-6H2,1H3,(H2,10,11,12). The molecule has 1 fully saturated rings. The van der Waals surface area contributed by atoms with E-state index < -0.39 is 0 Å². The van der Waals surface area contributed by atoms with Gasteiger partial charge >= 0.3 is 0 Å². The van der Waals surface area contributed by atoms with Crippen molar-refractivity contribution in [2.45, 2.75) is 31.9 Å². The van der Waals surface area contributed by atoms with Gasteiger partial charge < -0.3 is 15.4 Å². The first-order valence-electron chi connectivity index (χ1n) is 5.01. The summed E-state index contributed by atoms with van der Waals surface area (Å²) in [5.74, 6) is 0.971. The molecule has 0 spiro atoms. The van der Waals surface area contributed by atoms with E-state index in [0.717, 1.165) is 38.5 Å². The average molecular weight is 183 g/mol. The van der Waals surface area contributed by atoms with Crippen LogP contribution in [0.25, 0.3) is 0 Å². The van der Waals surface area contributed by atoms with Gasteiger partial charge in [0, 0.05) is 19.2 Å². The SMILES string of the molecule is CC1CC(NC2=NCCN2)CCO1. The summed E-state index contributed by atoms with van der Waals surface area (Å²) in [4.78, 5) is 4.31. The fraction of sp³-hybridized carbons (Fsp3) is 0.889. The Kier molecular flexibility index (Phi) is 2.68. The van der Waals surface area contributed by atoms with E-state index in [4.69, 9.17) is 4.74 Å². The number of hydrogen-bond donors (Lipinski definition) is 2. The van der Waals surface area contributed by atoms with Crippen LogP contribution in [0.1, 0.15) is 19.8 Å². The van der Waals surface area contributed by atoms with Gasteiger partial charge in [-0.2, -0.15) is 0 Å². The van der Waals surface area contributed by atoms with E-state index in [0.29, 0.717) is 12.1 Å². The number of aliphatic imine (C=N–C) groups is 1. The molecule has 0 radical (unpaired) electrons. The van der Waals surface area contributed by atoms with Gasteiger partial charge in [-0.05, 0) is 19.8 Å². The summed E-state index contributed by atoms with van der Waals surface area (Å²) in [6, 6.07) is 0.535. The zero-order chi connectivity index (χ0) is 9.10. The van der Waals surface area contributed by atoms with Gasteiger partial charge in [0.15, 0.2) is 5.96 Å². The van der Waals surface area contributed by atoms with Crippen LogP contribution in [0.2, 0.25) is 0 Å². The van der Waals surface area contributed by atoms with Crippen LogP contribution >= 0.6 is 0 Å². The minimum atomic E-state index is 0.383. The number of nitrogens with one attached hydrogen (secondary N) is 2. The van der Waals surface area contributed by atoms with Gasteiger partial charge in [0.2, 0.25) is 0 Å². The zero-order valence-electron chi connectivity index (χ0n) is 8.05. The van der Waals surface area contributed by atoms with Gasteiger partial charge in [-0.1, -0.05) is 0 Å². The summed E-state index contributed by atoms with van der Waals surface area (Å²) in [7, 11) is 0. The van der Waals surface area contributed by atoms with E-state index in [-0.39, 0.29) is 0 Å². The maximum absolute atomic E-state index is 5.47. The molecule has 0 aromatic heterocycles. The third kappa shape index (κ3) is 2.34. The minimum Gasteiger partial charge on any atom is -0.378 e. The second-order valence-corrected chi connectivity index (χ2v) is 3.70. The topological polar surface area (TPSA) is 45.7 Å². The van der Waals surface area contributed by atoms with Crippen LogP contribution in [0.5, 0.6) is 0 Å². The molecule has 2 heterocycles. The number of rotatable bonds is 1. The van der Waals surface area contributed by atoms with Crippen LogP contribution in [0.4, 0.5) is 0 Å². The van der Waals surface area contributed by atoms with Crippen molar-refractivity contribution in [1.82, 2.24) is 10.6 Å². The van der Waals surface area contributed by atoms with E-state index in [2.05, 4.69) is 22.5 Å². The second-order valence-electron chi connectivity index (χ2n) is 3.70. The van der Waals surface area contributed by atoms with Gasteiger partial charge in [-0.3, -0.25) is 4.99 Å². The first-order chi connectivity index (χ1) is 6.34. The Morgan fingerprint density at radius 1 is 1.62 bits per heavy atom. The van der Waals surface area contributed by atoms with Crippen molar-refractivity contribution in [3.63, 3.8) is 0 Å². The van der Waals surface area contributed by atoms with Gasteiger partial charge in [0.1, 0.15) is 0 Å². The highest BCUT2D eigenvalue weighted by Gasteiger charge is 2.20. The lowest BCUT2D eigenvalue weighted by atomic mass is 10.0. The minimum absolute atomic E-state index is 0.383. The van der Waals surface area contributed by atoms with E-state index in [1.165, 1.54) is 0 Å². The molecule has 2 aliphatic heterocycles. The molecule has 2 N–H and O–H groups in total. The molecular formula is C9H17N3O. The number of ether oxygens (including phenoxy) is 1. The van der Waals surface area contributed by atoms with Crippen molar-refractivity contribution in [3.8, 4) is 0 Å². The van der Waals surface area contributed by atoms with Gasteiger partial charge in [0.25, 0.3) is 0 Å². The lowest BCUT2D eigenvalue weighted by molar-refractivity contribution is 0.0166. The van der Waals surface area contributed by atoms with Crippen LogP contribution in [0.3, 0.4) is 0 Å². The summed E-state index contributed by atoms with van der Waals surface area (Å²) in [6.45, 7) is 4.87. The highest BCUT2D eigenvalue weighted by atomic mass is 16.5. The fourth-order valence-electron chi connectivity index (χ4n) is 1.82. The first-order valence-corrected chi connectivity index (χ1v) is 5.01. The Labute approximate surface area is 78.8 Å². The molecule has 2 unspecified atom stereocenters. The van der Waals surface area contributed by atoms with Crippen molar-refractivity contribution in [2.75, 3.05) is 19.7 Å². The van der Waals surface area contributed by atoms with Gasteiger partial charge in [0.05, 0.1) is 12.6 Å². The maximum Gasteiger partial charge on any atom is 0.191 e. The lowest BCUT2D eigenvalue weighted by Crippen LogP contribution is -2.45. The smallest absolute Gasteiger partial charge is 0.191 e. The molecule has 0 saturated carbocycles. The molecule has 2 atom stereocenters. The van der Waals surface area contributed by atoms with Crippen LogP contribution in [0, 0.1) is 0 Å². The van der Waals surface area contributed by atoms with Crippen molar-refractivity contribution in [1.29, 1.82) is 0 Å². The summed E-state index contributed by atoms with van der Waals surface area (Å²) in [6.07, 6.45) is 2.56. The third-order valence-electron chi connectivity index (χ3n) is 2.50. The quantitative estimate of drug-likeness (QED) is 0.606. The molecule has 0 bridgehead atoms. The zero-order valence-corrected chi connectivity index (χ0v) is 8.05. The Bertz CT molecular complexity index is 205. The maximum atomic E-state index is 5.47. The highest BCUT2D eigenvalue weighted by molar-refractivity contribution is 5.81. The van der Waals surface area contributed by atoms with E-state index >= 15 is 0 Å². The van der Waals surface area contributed by atoms with E-state index in [1.54, 1.807) is 0 Å². The summed E-state index contributed by atoms with van der Waals surface area (Å²) in [5, 5.41) is 6.62. The van der Waals surface area contributed by atoms with Gasteiger partial charge in [-0.25, -0.2) is 0 Å². The molecule has 4 heteroatoms. The van der Waals surface area contributed by atoms with Crippen molar-refractivity contribution in [2.24, 2.45) is 4.99 Å². The number of nitrogens with zero attached hydrogens (tertiary/aromatic N) is 1. The van der Waals surface area contributed by atoms with Crippen molar-refractivity contribution < 1.29 is 4.74 Å².